The van der Waals surface area contributed by atoms with E-state index in [4.69, 9.17) is 14.6 Å². The Hall–Kier alpha value is -3.48. The number of nitrogens with zero attached hydrogens (tertiary/aromatic N) is 1. The molecule has 0 aliphatic carbocycles. The summed E-state index contributed by atoms with van der Waals surface area (Å²) >= 11 is 1.09. The Morgan fingerprint density at radius 2 is 1.85 bits per heavy atom. The molecule has 1 aliphatic heterocycles. The van der Waals surface area contributed by atoms with Crippen LogP contribution in [0.4, 0.5) is 10.1 Å². The Kier molecular flexibility index (Phi) is 8.88. The maximum Gasteiger partial charge on any atom is 0.351 e. The number of esters is 1. The van der Waals surface area contributed by atoms with Crippen LogP contribution in [0.25, 0.3) is 10.4 Å². The molecule has 1 fully saturated rings. The number of halogens is 1. The van der Waals surface area contributed by atoms with E-state index in [9.17, 15) is 22.4 Å². The van der Waals surface area contributed by atoms with E-state index >= 15 is 0 Å². The van der Waals surface area contributed by atoms with Crippen molar-refractivity contribution < 1.29 is 37.0 Å². The number of anilines is 1. The molecule has 0 atom stereocenters. The van der Waals surface area contributed by atoms with Crippen LogP contribution < -0.4 is 14.4 Å². The summed E-state index contributed by atoms with van der Waals surface area (Å²) in [4.78, 5) is 24.3. The molecular formula is C27H29FN2O7S2. The fourth-order valence-corrected chi connectivity index (χ4v) is 7.61. The number of nitrogens with one attached hydrogen (secondary N) is 1. The number of sulfonamides is 1. The Balaban J connectivity index is 1.76. The zero-order chi connectivity index (χ0) is 28.2. The van der Waals surface area contributed by atoms with Crippen molar-refractivity contribution in [2.24, 2.45) is 0 Å². The Morgan fingerprint density at radius 3 is 2.49 bits per heavy atom. The van der Waals surface area contributed by atoms with Gasteiger partial charge in [-0.2, -0.15) is 0 Å². The first kappa shape index (κ1) is 28.5. The Labute approximate surface area is 230 Å². The van der Waals surface area contributed by atoms with Gasteiger partial charge in [0.2, 0.25) is 10.0 Å². The molecular weight excluding hydrogens is 547 g/mol. The standard InChI is InChI=1S/C27H29FN2O7S2/c1-17-24(37-15-23(31)32)26(27(33)36-2)38-25(17)19-4-3-5-22(14-19)30(21-10-12-29-13-11-21)39(34,35)16-18-6-8-20(28)9-7-18/h3-9,14,21,29H,10-13,15-16H2,1-2H3,(H,31,32). The van der Waals surface area contributed by atoms with Crippen LogP contribution in [0.15, 0.2) is 48.5 Å². The molecule has 12 heteroatoms. The molecule has 1 aromatic heterocycles. The molecule has 0 amide bonds. The smallest absolute Gasteiger partial charge is 0.351 e. The number of benzene rings is 2. The number of rotatable bonds is 10. The third-order valence-electron chi connectivity index (χ3n) is 6.37. The molecule has 1 saturated heterocycles. The molecule has 0 bridgehead atoms. The third-order valence-corrected chi connectivity index (χ3v) is 9.48. The van der Waals surface area contributed by atoms with Crippen LogP contribution in [0.5, 0.6) is 5.75 Å². The first-order valence-corrected chi connectivity index (χ1v) is 14.7. The average molecular weight is 577 g/mol. The molecule has 39 heavy (non-hydrogen) atoms. The fourth-order valence-electron chi connectivity index (χ4n) is 4.59. The van der Waals surface area contributed by atoms with Gasteiger partial charge in [0, 0.05) is 16.5 Å². The van der Waals surface area contributed by atoms with Crippen molar-refractivity contribution in [1.29, 1.82) is 0 Å². The van der Waals surface area contributed by atoms with E-state index < -0.39 is 34.4 Å². The molecule has 0 saturated carbocycles. The molecule has 1 aliphatic rings. The highest BCUT2D eigenvalue weighted by molar-refractivity contribution is 7.92. The monoisotopic (exact) mass is 576 g/mol. The molecule has 0 spiro atoms. The van der Waals surface area contributed by atoms with E-state index in [2.05, 4.69) is 5.32 Å². The molecule has 2 aromatic carbocycles. The van der Waals surface area contributed by atoms with Gasteiger partial charge in [0.05, 0.1) is 18.6 Å². The van der Waals surface area contributed by atoms with Crippen LogP contribution in [0.3, 0.4) is 0 Å². The SMILES string of the molecule is COC(=O)c1sc(-c2cccc(N(C3CCNCC3)S(=O)(=O)Cc3ccc(F)cc3)c2)c(C)c1OCC(=O)O. The van der Waals surface area contributed by atoms with Gasteiger partial charge in [-0.3, -0.25) is 4.31 Å². The molecule has 9 nitrogen and oxygen atoms in total. The van der Waals surface area contributed by atoms with Gasteiger partial charge < -0.3 is 19.9 Å². The van der Waals surface area contributed by atoms with Gasteiger partial charge in [-0.1, -0.05) is 24.3 Å². The van der Waals surface area contributed by atoms with Gasteiger partial charge in [0.25, 0.3) is 0 Å². The summed E-state index contributed by atoms with van der Waals surface area (Å²) in [5.41, 5.74) is 2.12. The summed E-state index contributed by atoms with van der Waals surface area (Å²) in [6.07, 6.45) is 1.23. The fraction of sp³-hybridized carbons (Fsp3) is 0.333. The number of carboxylic acids is 1. The minimum absolute atomic E-state index is 0.119. The number of thiophene rings is 1. The first-order chi connectivity index (χ1) is 18.6. The van der Waals surface area contributed by atoms with Crippen molar-refractivity contribution in [3.8, 4) is 16.2 Å². The van der Waals surface area contributed by atoms with E-state index in [1.165, 1.54) is 35.7 Å². The second-order valence-electron chi connectivity index (χ2n) is 9.10. The molecule has 2 heterocycles. The highest BCUT2D eigenvalue weighted by Crippen LogP contribution is 2.43. The minimum atomic E-state index is -3.87. The maximum atomic E-state index is 13.8. The minimum Gasteiger partial charge on any atom is -0.480 e. The van der Waals surface area contributed by atoms with E-state index in [-0.39, 0.29) is 22.4 Å². The zero-order valence-corrected chi connectivity index (χ0v) is 23.1. The van der Waals surface area contributed by atoms with E-state index in [0.717, 1.165) is 11.3 Å². The lowest BCUT2D eigenvalue weighted by molar-refractivity contribution is -0.139. The zero-order valence-electron chi connectivity index (χ0n) is 21.5. The average Bonchev–Trinajstić information content (AvgIpc) is 3.25. The number of piperidine rings is 1. The normalized spacial score (nSPS) is 14.1. The van der Waals surface area contributed by atoms with Crippen molar-refractivity contribution in [2.45, 2.75) is 31.6 Å². The van der Waals surface area contributed by atoms with Crippen LogP contribution in [0.2, 0.25) is 0 Å². The number of carbonyl (C=O) groups excluding carboxylic acids is 1. The summed E-state index contributed by atoms with van der Waals surface area (Å²) in [5, 5.41) is 12.3. The second-order valence-corrected chi connectivity index (χ2v) is 12.0. The largest absolute Gasteiger partial charge is 0.480 e. The van der Waals surface area contributed by atoms with E-state index in [0.29, 0.717) is 53.2 Å². The third kappa shape index (κ3) is 6.57. The summed E-state index contributed by atoms with van der Waals surface area (Å²) in [6, 6.07) is 12.1. The van der Waals surface area contributed by atoms with Crippen LogP contribution in [-0.2, 0) is 25.3 Å². The summed E-state index contributed by atoms with van der Waals surface area (Å²) in [7, 11) is -2.64. The lowest BCUT2D eigenvalue weighted by atomic mass is 10.0. The predicted octanol–water partition coefficient (Wildman–Crippen LogP) is 4.20. The van der Waals surface area contributed by atoms with E-state index in [1.807, 2.05) is 0 Å². The molecule has 0 radical (unpaired) electrons. The van der Waals surface area contributed by atoms with Crippen molar-refractivity contribution >= 4 is 39.0 Å². The number of carbonyl (C=O) groups is 2. The summed E-state index contributed by atoms with van der Waals surface area (Å²) < 4.78 is 52.8. The van der Waals surface area contributed by atoms with Crippen LogP contribution in [0.1, 0.15) is 33.6 Å². The van der Waals surface area contributed by atoms with Gasteiger partial charge in [-0.15, -0.1) is 11.3 Å². The molecule has 2 N–H and O–H groups in total. The highest BCUT2D eigenvalue weighted by Gasteiger charge is 2.32. The topological polar surface area (TPSA) is 122 Å². The number of carboxylic acid groups (broad SMARTS) is 1. The predicted molar refractivity (Wildman–Crippen MR) is 146 cm³/mol. The molecule has 4 rings (SSSR count). The van der Waals surface area contributed by atoms with Crippen LogP contribution >= 0.6 is 11.3 Å². The number of methoxy groups -OCH3 is 1. The van der Waals surface area contributed by atoms with Gasteiger partial charge in [0.1, 0.15) is 11.6 Å². The van der Waals surface area contributed by atoms with Crippen molar-refractivity contribution in [1.82, 2.24) is 5.32 Å². The van der Waals surface area contributed by atoms with Crippen molar-refractivity contribution in [3.63, 3.8) is 0 Å². The molecule has 3 aromatic rings. The lowest BCUT2D eigenvalue weighted by Gasteiger charge is -2.35. The summed E-state index contributed by atoms with van der Waals surface area (Å²) in [6.45, 7) is 2.41. The molecule has 208 valence electrons. The van der Waals surface area contributed by atoms with Crippen LogP contribution in [-0.4, -0.2) is 58.3 Å². The van der Waals surface area contributed by atoms with Crippen LogP contribution in [0, 0.1) is 12.7 Å². The number of hydrogen-bond acceptors (Lipinski definition) is 8. The first-order valence-electron chi connectivity index (χ1n) is 12.2. The molecule has 0 unspecified atom stereocenters. The van der Waals surface area contributed by atoms with Gasteiger partial charge >= 0.3 is 11.9 Å². The highest BCUT2D eigenvalue weighted by atomic mass is 32.2. The second kappa shape index (κ2) is 12.1. The maximum absolute atomic E-state index is 13.8. The summed E-state index contributed by atoms with van der Waals surface area (Å²) in [5.74, 6) is -2.47. The van der Waals surface area contributed by atoms with Gasteiger partial charge in [-0.25, -0.2) is 22.4 Å². The number of aliphatic carboxylic acids is 1. The quantitative estimate of drug-likeness (QED) is 0.345. The van der Waals surface area contributed by atoms with Crippen molar-refractivity contribution in [2.75, 3.05) is 31.1 Å². The number of ether oxygens (including phenoxy) is 2. The van der Waals surface area contributed by atoms with Crippen molar-refractivity contribution in [3.05, 3.63) is 70.4 Å². The Morgan fingerprint density at radius 1 is 1.15 bits per heavy atom. The van der Waals surface area contributed by atoms with Gasteiger partial charge in [-0.05, 0) is 68.2 Å². The number of hydrogen-bond donors (Lipinski definition) is 2. The van der Waals surface area contributed by atoms with E-state index in [1.54, 1.807) is 31.2 Å². The lowest BCUT2D eigenvalue weighted by Crippen LogP contribution is -2.46. The Bertz CT molecular complexity index is 1450. The van der Waals surface area contributed by atoms with Gasteiger partial charge in [0.15, 0.2) is 11.5 Å².